The predicted octanol–water partition coefficient (Wildman–Crippen LogP) is 15.4. The van der Waals surface area contributed by atoms with Crippen molar-refractivity contribution in [3.63, 3.8) is 0 Å². The molecule has 0 aliphatic carbocycles. The smallest absolute Gasteiger partial charge is 0.307 e. The highest BCUT2D eigenvalue weighted by Crippen LogP contribution is 2.48. The van der Waals surface area contributed by atoms with Gasteiger partial charge >= 0.3 is 12.4 Å². The van der Waals surface area contributed by atoms with Gasteiger partial charge in [-0.1, -0.05) is 126 Å². The van der Waals surface area contributed by atoms with Crippen molar-refractivity contribution in [1.29, 1.82) is 5.26 Å². The highest BCUT2D eigenvalue weighted by atomic mass is 19.4. The second-order valence-corrected chi connectivity index (χ2v) is 15.6. The summed E-state index contributed by atoms with van der Waals surface area (Å²) in [5.41, 5.74) is 4.29. The fourth-order valence-electron chi connectivity index (χ4n) is 9.02. The third-order valence-corrected chi connectivity index (χ3v) is 11.7. The monoisotopic (exact) mass is 825 g/mol. The predicted molar refractivity (Wildman–Crippen MR) is 236 cm³/mol. The van der Waals surface area contributed by atoms with E-state index in [-0.39, 0.29) is 11.3 Å². The van der Waals surface area contributed by atoms with Crippen LogP contribution in [0.25, 0.3) is 88.4 Å². The van der Waals surface area contributed by atoms with Gasteiger partial charge in [0.2, 0.25) is 0 Å². The van der Waals surface area contributed by atoms with Crippen molar-refractivity contribution in [3.8, 4) is 50.8 Å². The molecule has 0 saturated heterocycles. The van der Waals surface area contributed by atoms with E-state index in [0.29, 0.717) is 28.9 Å². The SMILES string of the molecule is Cc1cccc(-c2ccc3c4ccccc4n(-c4cc(C#N)c(-c5c(C(F)(F)F)cccc5C(F)(F)F)cc4-n4c5ccccc5c5ccc(-c6cccc(C)c6)cc54)c3c2)c1. The fraction of sp³-hybridized carbons (Fsp3) is 0.0755. The number of nitriles is 1. The van der Waals surface area contributed by atoms with Gasteiger partial charge in [-0.05, 0) is 84.6 Å². The Labute approximate surface area is 351 Å². The number of hydrogen-bond acceptors (Lipinski definition) is 1. The summed E-state index contributed by atoms with van der Waals surface area (Å²) in [6.45, 7) is 4.00. The number of aromatic nitrogens is 2. The molecule has 8 aromatic carbocycles. The summed E-state index contributed by atoms with van der Waals surface area (Å²) in [5, 5.41) is 14.2. The first kappa shape index (κ1) is 38.6. The summed E-state index contributed by atoms with van der Waals surface area (Å²) in [4.78, 5) is 0. The molecule has 0 N–H and O–H groups in total. The van der Waals surface area contributed by atoms with E-state index >= 15 is 0 Å². The lowest BCUT2D eigenvalue weighted by molar-refractivity contribution is -0.142. The second kappa shape index (κ2) is 14.3. The molecule has 10 aromatic rings. The first-order valence-corrected chi connectivity index (χ1v) is 19.9. The molecule has 0 aliphatic rings. The molecule has 0 atom stereocenters. The quantitative estimate of drug-likeness (QED) is 0.159. The number of halogens is 6. The Morgan fingerprint density at radius 1 is 0.419 bits per heavy atom. The standard InChI is InChI=1S/C53H33F6N3/c1-31-10-7-12-33(24-31)35-20-22-40-38-14-3-5-18-45(38)61(47(40)26-35)49-28-37(30-60)42(51-43(52(54,55)56)16-9-17-44(51)53(57,58)59)29-50(49)62-46-19-6-4-15-39(46)41-23-21-36(27-48(41)62)34-13-8-11-32(2)25-34/h3-29H,1-2H3. The third kappa shape index (κ3) is 6.29. The van der Waals surface area contributed by atoms with Gasteiger partial charge in [0.15, 0.2) is 0 Å². The Balaban J connectivity index is 1.40. The van der Waals surface area contributed by atoms with Crippen LogP contribution in [0, 0.1) is 25.2 Å². The van der Waals surface area contributed by atoms with Gasteiger partial charge in [-0.3, -0.25) is 0 Å². The summed E-state index contributed by atoms with van der Waals surface area (Å²) in [6.07, 6.45) is -10.4. The number of para-hydroxylation sites is 2. The van der Waals surface area contributed by atoms with Gasteiger partial charge < -0.3 is 9.13 Å². The zero-order valence-corrected chi connectivity index (χ0v) is 33.2. The Morgan fingerprint density at radius 3 is 1.29 bits per heavy atom. The van der Waals surface area contributed by atoms with E-state index in [2.05, 4.69) is 12.1 Å². The van der Waals surface area contributed by atoms with Crippen molar-refractivity contribution in [1.82, 2.24) is 9.13 Å². The van der Waals surface area contributed by atoms with E-state index in [0.717, 1.165) is 72.0 Å². The molecule has 0 unspecified atom stereocenters. The van der Waals surface area contributed by atoms with Crippen LogP contribution >= 0.6 is 0 Å². The minimum absolute atomic E-state index is 0.278. The molecule has 0 bridgehead atoms. The number of hydrogen-bond donors (Lipinski definition) is 0. The van der Waals surface area contributed by atoms with Gasteiger partial charge in [-0.2, -0.15) is 31.6 Å². The Hall–Kier alpha value is -7.57. The molecule has 302 valence electrons. The van der Waals surface area contributed by atoms with Gasteiger partial charge in [-0.25, -0.2) is 0 Å². The van der Waals surface area contributed by atoms with Gasteiger partial charge in [0, 0.05) is 32.7 Å². The van der Waals surface area contributed by atoms with E-state index in [9.17, 15) is 31.6 Å². The van der Waals surface area contributed by atoms with Crippen LogP contribution in [0.1, 0.15) is 27.8 Å². The van der Waals surface area contributed by atoms with Crippen LogP contribution in [0.4, 0.5) is 26.3 Å². The lowest BCUT2D eigenvalue weighted by Crippen LogP contribution is -2.15. The molecule has 0 saturated carbocycles. The molecule has 2 heterocycles. The van der Waals surface area contributed by atoms with Crippen LogP contribution in [-0.2, 0) is 12.4 Å². The maximum Gasteiger partial charge on any atom is 0.417 e. The zero-order chi connectivity index (χ0) is 43.1. The van der Waals surface area contributed by atoms with Crippen molar-refractivity contribution in [2.24, 2.45) is 0 Å². The molecule has 0 fully saturated rings. The van der Waals surface area contributed by atoms with Crippen LogP contribution in [0.15, 0.2) is 164 Å². The Bertz CT molecular complexity index is 3450. The molecule has 10 rings (SSSR count). The average Bonchev–Trinajstić information content (AvgIpc) is 3.77. The largest absolute Gasteiger partial charge is 0.417 e. The molecular formula is C53H33F6N3. The van der Waals surface area contributed by atoms with Crippen LogP contribution in [0.5, 0.6) is 0 Å². The number of rotatable bonds is 5. The summed E-state index contributed by atoms with van der Waals surface area (Å²) in [7, 11) is 0. The number of nitrogens with zero attached hydrogens (tertiary/aromatic N) is 3. The molecule has 9 heteroatoms. The average molecular weight is 826 g/mol. The van der Waals surface area contributed by atoms with Gasteiger partial charge in [0.1, 0.15) is 0 Å². The number of benzene rings is 8. The van der Waals surface area contributed by atoms with Crippen molar-refractivity contribution >= 4 is 43.6 Å². The highest BCUT2D eigenvalue weighted by Gasteiger charge is 2.42. The molecule has 0 spiro atoms. The Kier molecular flexibility index (Phi) is 8.89. The van der Waals surface area contributed by atoms with Crippen LogP contribution < -0.4 is 0 Å². The number of aryl methyl sites for hydroxylation is 2. The molecule has 62 heavy (non-hydrogen) atoms. The summed E-state index contributed by atoms with van der Waals surface area (Å²) in [6, 6.07) is 50.2. The molecule has 0 aliphatic heterocycles. The first-order valence-electron chi connectivity index (χ1n) is 19.9. The highest BCUT2D eigenvalue weighted by molar-refractivity contribution is 6.13. The minimum Gasteiger partial charge on any atom is -0.307 e. The van der Waals surface area contributed by atoms with E-state index in [1.165, 1.54) is 12.1 Å². The summed E-state index contributed by atoms with van der Waals surface area (Å²) < 4.78 is 93.6. The summed E-state index contributed by atoms with van der Waals surface area (Å²) in [5.74, 6) is 0. The maximum absolute atomic E-state index is 15.0. The topological polar surface area (TPSA) is 33.6 Å². The number of alkyl halides is 6. The Morgan fingerprint density at radius 2 is 0.839 bits per heavy atom. The second-order valence-electron chi connectivity index (χ2n) is 15.6. The number of fused-ring (bicyclic) bond motifs is 6. The van der Waals surface area contributed by atoms with Crippen molar-refractivity contribution < 1.29 is 26.3 Å². The molecule has 0 radical (unpaired) electrons. The van der Waals surface area contributed by atoms with Gasteiger partial charge in [-0.15, -0.1) is 0 Å². The molecular weight excluding hydrogens is 793 g/mol. The van der Waals surface area contributed by atoms with Crippen molar-refractivity contribution in [2.75, 3.05) is 0 Å². The van der Waals surface area contributed by atoms with Gasteiger partial charge in [0.05, 0.1) is 56.2 Å². The third-order valence-electron chi connectivity index (χ3n) is 11.7. The molecule has 2 aromatic heterocycles. The first-order chi connectivity index (χ1) is 29.8. The van der Waals surface area contributed by atoms with Crippen molar-refractivity contribution in [2.45, 2.75) is 26.2 Å². The fourth-order valence-corrected chi connectivity index (χ4v) is 9.02. The van der Waals surface area contributed by atoms with Crippen LogP contribution in [0.2, 0.25) is 0 Å². The van der Waals surface area contributed by atoms with Crippen molar-refractivity contribution in [3.05, 3.63) is 192 Å². The van der Waals surface area contributed by atoms with E-state index in [4.69, 9.17) is 0 Å². The lowest BCUT2D eigenvalue weighted by Gasteiger charge is -2.23. The van der Waals surface area contributed by atoms with Crippen LogP contribution in [0.3, 0.4) is 0 Å². The van der Waals surface area contributed by atoms with Gasteiger partial charge in [0.25, 0.3) is 0 Å². The molecule has 3 nitrogen and oxygen atoms in total. The maximum atomic E-state index is 15.0. The minimum atomic E-state index is -5.18. The molecule has 0 amide bonds. The van der Waals surface area contributed by atoms with E-state index < -0.39 is 34.6 Å². The van der Waals surface area contributed by atoms with Crippen LogP contribution in [-0.4, -0.2) is 9.13 Å². The normalized spacial score (nSPS) is 12.2. The summed E-state index contributed by atoms with van der Waals surface area (Å²) >= 11 is 0. The zero-order valence-electron chi connectivity index (χ0n) is 33.2. The van der Waals surface area contributed by atoms with E-state index in [1.54, 1.807) is 0 Å². The lowest BCUT2D eigenvalue weighted by atomic mass is 9.89. The van der Waals surface area contributed by atoms with E-state index in [1.807, 2.05) is 150 Å².